The van der Waals surface area contributed by atoms with Crippen LogP contribution < -0.4 is 4.90 Å². The largest absolute Gasteiger partial charge is 0.456 e. The van der Waals surface area contributed by atoms with E-state index in [-0.39, 0.29) is 0 Å². The molecule has 0 fully saturated rings. The van der Waals surface area contributed by atoms with Crippen molar-refractivity contribution >= 4 is 60.9 Å². The zero-order valence-corrected chi connectivity index (χ0v) is 37.5. The lowest BCUT2D eigenvalue weighted by molar-refractivity contribution is 0.668. The Labute approximate surface area is 402 Å². The molecule has 1 aliphatic carbocycles. The number of aromatic nitrogens is 3. The van der Waals surface area contributed by atoms with Crippen LogP contribution in [-0.4, -0.2) is 15.0 Å². The lowest BCUT2D eigenvalue weighted by Crippen LogP contribution is -2.36. The number of nitrogens with zero attached hydrogens (tertiary/aromatic N) is 4. The second-order valence-electron chi connectivity index (χ2n) is 18.2. The molecule has 6 nitrogen and oxygen atoms in total. The Bertz CT molecular complexity index is 4190. The zero-order chi connectivity index (χ0) is 45.9. The van der Waals surface area contributed by atoms with Crippen LogP contribution in [0, 0.1) is 0 Å². The van der Waals surface area contributed by atoms with Crippen LogP contribution >= 0.6 is 0 Å². The first-order valence-corrected chi connectivity index (χ1v) is 23.7. The zero-order valence-electron chi connectivity index (χ0n) is 37.5. The van der Waals surface area contributed by atoms with Crippen molar-refractivity contribution in [3.8, 4) is 56.4 Å². The molecule has 4 heterocycles. The van der Waals surface area contributed by atoms with Gasteiger partial charge in [-0.1, -0.05) is 170 Å². The van der Waals surface area contributed by atoms with Gasteiger partial charge in [-0.25, -0.2) is 15.0 Å². The third-order valence-corrected chi connectivity index (χ3v) is 14.5. The topological polar surface area (TPSA) is 68.2 Å². The molecule has 2 aliphatic rings. The number of rotatable bonds is 5. The molecule has 70 heavy (non-hydrogen) atoms. The van der Waals surface area contributed by atoms with Gasteiger partial charge in [0.05, 0.1) is 22.4 Å². The molecule has 1 aliphatic heterocycles. The molecule has 10 aromatic carbocycles. The van der Waals surface area contributed by atoms with Crippen molar-refractivity contribution in [3.63, 3.8) is 0 Å². The van der Waals surface area contributed by atoms with Crippen LogP contribution in [0.1, 0.15) is 22.3 Å². The van der Waals surface area contributed by atoms with Gasteiger partial charge in [0.2, 0.25) is 0 Å². The van der Waals surface area contributed by atoms with E-state index in [9.17, 15) is 0 Å². The van der Waals surface area contributed by atoms with Gasteiger partial charge in [-0.15, -0.1) is 0 Å². The van der Waals surface area contributed by atoms with Crippen molar-refractivity contribution in [1.82, 2.24) is 15.0 Å². The van der Waals surface area contributed by atoms with Gasteiger partial charge in [0.1, 0.15) is 22.3 Å². The Hall–Kier alpha value is -9.39. The van der Waals surface area contributed by atoms with Gasteiger partial charge in [-0.05, 0) is 105 Å². The summed E-state index contributed by atoms with van der Waals surface area (Å²) in [6, 6.07) is 81.8. The predicted molar refractivity (Wildman–Crippen MR) is 282 cm³/mol. The lowest BCUT2D eigenvalue weighted by Gasteiger charge is -2.45. The summed E-state index contributed by atoms with van der Waals surface area (Å²) in [5.74, 6) is 1.65. The van der Waals surface area contributed by atoms with E-state index in [2.05, 4.69) is 175 Å². The summed E-state index contributed by atoms with van der Waals surface area (Å²) in [7, 11) is 0. The summed E-state index contributed by atoms with van der Waals surface area (Å²) in [5.41, 5.74) is 18.6. The summed E-state index contributed by atoms with van der Waals surface area (Å²) in [5, 5.41) is 4.12. The maximum absolute atomic E-state index is 6.78. The quantitative estimate of drug-likeness (QED) is 0.171. The molecule has 0 unspecified atom stereocenters. The molecule has 0 atom stereocenters. The first-order valence-electron chi connectivity index (χ1n) is 23.7. The minimum absolute atomic E-state index is 0.462. The van der Waals surface area contributed by atoms with Crippen LogP contribution in [0.3, 0.4) is 0 Å². The van der Waals surface area contributed by atoms with Gasteiger partial charge in [0.15, 0.2) is 17.5 Å². The third kappa shape index (κ3) is 5.53. The fourth-order valence-corrected chi connectivity index (χ4v) is 11.5. The van der Waals surface area contributed by atoms with Gasteiger partial charge in [-0.3, -0.25) is 0 Å². The van der Waals surface area contributed by atoms with E-state index in [1.54, 1.807) is 0 Å². The SMILES string of the molecule is c1ccc(-c2nc(-c3ccc4c(c3)oc3ccccc34)nc(-c3cccc4c3oc3ccc(-c5cccc(N6c7ccccc7C7(c8ccccc8-c8ccccc87)c7ccccc76)c5)cc34)n2)cc1. The maximum atomic E-state index is 6.78. The molecule has 0 saturated heterocycles. The molecule has 0 bridgehead atoms. The van der Waals surface area contributed by atoms with Crippen LogP contribution in [0.5, 0.6) is 0 Å². The Morgan fingerprint density at radius 2 is 0.857 bits per heavy atom. The van der Waals surface area contributed by atoms with Crippen molar-refractivity contribution < 1.29 is 8.83 Å². The minimum Gasteiger partial charge on any atom is -0.456 e. The molecule has 326 valence electrons. The number of furan rings is 2. The minimum atomic E-state index is -0.462. The van der Waals surface area contributed by atoms with Crippen LogP contribution in [0.25, 0.3) is 100 Å². The summed E-state index contributed by atoms with van der Waals surface area (Å²) in [4.78, 5) is 17.7. The van der Waals surface area contributed by atoms with Crippen molar-refractivity contribution in [3.05, 3.63) is 253 Å². The van der Waals surface area contributed by atoms with Gasteiger partial charge in [0, 0.05) is 38.4 Å². The number of benzene rings is 10. The fraction of sp³-hybridized carbons (Fsp3) is 0.0156. The smallest absolute Gasteiger partial charge is 0.167 e. The van der Waals surface area contributed by atoms with E-state index in [0.29, 0.717) is 17.5 Å². The van der Waals surface area contributed by atoms with E-state index in [4.69, 9.17) is 23.8 Å². The molecule has 1 spiro atoms. The van der Waals surface area contributed by atoms with E-state index >= 15 is 0 Å². The summed E-state index contributed by atoms with van der Waals surface area (Å²) in [6.07, 6.45) is 0. The maximum Gasteiger partial charge on any atom is 0.167 e. The number of hydrogen-bond acceptors (Lipinski definition) is 6. The average Bonchev–Trinajstić information content (AvgIpc) is 4.09. The van der Waals surface area contributed by atoms with Crippen LogP contribution in [0.4, 0.5) is 17.1 Å². The molecule has 15 rings (SSSR count). The molecule has 3 aromatic heterocycles. The van der Waals surface area contributed by atoms with Gasteiger partial charge >= 0.3 is 0 Å². The average molecular weight is 895 g/mol. The van der Waals surface area contributed by atoms with Crippen LogP contribution in [0.15, 0.2) is 239 Å². The summed E-state index contributed by atoms with van der Waals surface area (Å²) < 4.78 is 13.1. The first kappa shape index (κ1) is 38.7. The molecule has 0 amide bonds. The van der Waals surface area contributed by atoms with Gasteiger partial charge in [-0.2, -0.15) is 0 Å². The molecular weight excluding hydrogens is 857 g/mol. The van der Waals surface area contributed by atoms with Gasteiger partial charge in [0.25, 0.3) is 0 Å². The number of anilines is 3. The molecule has 0 radical (unpaired) electrons. The van der Waals surface area contributed by atoms with E-state index in [0.717, 1.165) is 77.4 Å². The molecule has 0 N–H and O–H groups in total. The predicted octanol–water partition coefficient (Wildman–Crippen LogP) is 16.5. The second kappa shape index (κ2) is 14.8. The Kier molecular flexibility index (Phi) is 8.18. The van der Waals surface area contributed by atoms with Crippen molar-refractivity contribution in [1.29, 1.82) is 0 Å². The number of para-hydroxylation sites is 4. The third-order valence-electron chi connectivity index (χ3n) is 14.5. The van der Waals surface area contributed by atoms with Crippen molar-refractivity contribution in [2.75, 3.05) is 4.90 Å². The monoisotopic (exact) mass is 894 g/mol. The highest BCUT2D eigenvalue weighted by molar-refractivity contribution is 6.10. The molecule has 13 aromatic rings. The highest BCUT2D eigenvalue weighted by Gasteiger charge is 2.51. The van der Waals surface area contributed by atoms with Crippen molar-refractivity contribution in [2.45, 2.75) is 5.41 Å². The summed E-state index contributed by atoms with van der Waals surface area (Å²) in [6.45, 7) is 0. The number of hydrogen-bond donors (Lipinski definition) is 0. The van der Waals surface area contributed by atoms with Crippen LogP contribution in [-0.2, 0) is 5.41 Å². The van der Waals surface area contributed by atoms with E-state index in [1.165, 1.54) is 44.8 Å². The lowest BCUT2D eigenvalue weighted by atomic mass is 9.64. The Balaban J connectivity index is 0.848. The van der Waals surface area contributed by atoms with E-state index in [1.807, 2.05) is 60.7 Å². The number of fused-ring (bicyclic) bond motifs is 15. The summed E-state index contributed by atoms with van der Waals surface area (Å²) >= 11 is 0. The second-order valence-corrected chi connectivity index (χ2v) is 18.2. The molecule has 6 heteroatoms. The first-order chi connectivity index (χ1) is 34.7. The van der Waals surface area contributed by atoms with E-state index < -0.39 is 5.41 Å². The highest BCUT2D eigenvalue weighted by atomic mass is 16.3. The van der Waals surface area contributed by atoms with Gasteiger partial charge < -0.3 is 13.7 Å². The molecule has 0 saturated carbocycles. The highest BCUT2D eigenvalue weighted by Crippen LogP contribution is 2.63. The Morgan fingerprint density at radius 1 is 0.314 bits per heavy atom. The normalized spacial score (nSPS) is 13.2. The van der Waals surface area contributed by atoms with Crippen molar-refractivity contribution in [2.24, 2.45) is 0 Å². The standard InChI is InChI=1S/C64H38N4O2/c1-2-16-39(17-3-1)61-65-62(42-32-34-47-46-22-6-13-31-57(46)69-59(47)38-42)67-63(66-61)49-24-15-23-48-50-37-41(33-35-58(50)70-60(48)49)40-18-14-19-43(36-40)68-55-29-11-9-27-53(55)64(54-28-10-12-30-56(54)68)51-25-7-4-20-44(51)45-21-5-8-26-52(45)64/h1-38H. The van der Waals surface area contributed by atoms with Crippen LogP contribution in [0.2, 0.25) is 0 Å². The molecular formula is C64H38N4O2. The fourth-order valence-electron chi connectivity index (χ4n) is 11.5. The Morgan fingerprint density at radius 3 is 1.63 bits per heavy atom.